The van der Waals surface area contributed by atoms with E-state index >= 15 is 0 Å². The lowest BCUT2D eigenvalue weighted by molar-refractivity contribution is 0.412. The third-order valence-electron chi connectivity index (χ3n) is 2.98. The van der Waals surface area contributed by atoms with Gasteiger partial charge in [-0.2, -0.15) is 0 Å². The maximum Gasteiger partial charge on any atom is 0.240 e. The first-order chi connectivity index (χ1) is 10.0. The number of benzene rings is 2. The van der Waals surface area contributed by atoms with Gasteiger partial charge < -0.3 is 4.74 Å². The molecule has 0 spiro atoms. The molecule has 0 aromatic heterocycles. The van der Waals surface area contributed by atoms with Gasteiger partial charge in [0.2, 0.25) is 10.0 Å². The Bertz CT molecular complexity index is 702. The van der Waals surface area contributed by atoms with Crippen molar-refractivity contribution in [1.82, 2.24) is 4.72 Å². The fourth-order valence-electron chi connectivity index (χ4n) is 1.88. The molecule has 0 aliphatic carbocycles. The molecule has 0 saturated carbocycles. The highest BCUT2D eigenvalue weighted by Gasteiger charge is 2.12. The third-order valence-corrected chi connectivity index (χ3v) is 5.07. The monoisotopic (exact) mass is 369 g/mol. The summed E-state index contributed by atoms with van der Waals surface area (Å²) in [5.74, 6) is 0.753. The third kappa shape index (κ3) is 4.30. The first kappa shape index (κ1) is 16.0. The summed E-state index contributed by atoms with van der Waals surface area (Å²) in [7, 11) is -1.83. The SMILES string of the molecule is COc1ccc(CCNS(=O)(=O)c2ccccc2)cc1Br. The molecule has 112 valence electrons. The van der Waals surface area contributed by atoms with Crippen LogP contribution in [0.25, 0.3) is 0 Å². The number of rotatable bonds is 6. The summed E-state index contributed by atoms with van der Waals surface area (Å²) in [4.78, 5) is 0.279. The molecule has 0 fully saturated rings. The van der Waals surface area contributed by atoms with Crippen molar-refractivity contribution >= 4 is 26.0 Å². The van der Waals surface area contributed by atoms with Gasteiger partial charge in [-0.05, 0) is 52.2 Å². The van der Waals surface area contributed by atoms with Gasteiger partial charge in [-0.25, -0.2) is 13.1 Å². The lowest BCUT2D eigenvalue weighted by Gasteiger charge is -2.08. The average molecular weight is 370 g/mol. The zero-order chi connectivity index (χ0) is 15.3. The van der Waals surface area contributed by atoms with Gasteiger partial charge in [0, 0.05) is 6.54 Å². The predicted octanol–water partition coefficient (Wildman–Crippen LogP) is 2.98. The summed E-state index contributed by atoms with van der Waals surface area (Å²) >= 11 is 3.41. The highest BCUT2D eigenvalue weighted by atomic mass is 79.9. The van der Waals surface area contributed by atoms with E-state index in [9.17, 15) is 8.42 Å². The standard InChI is InChI=1S/C15H16BrNO3S/c1-20-15-8-7-12(11-14(15)16)9-10-17-21(18,19)13-5-3-2-4-6-13/h2-8,11,17H,9-10H2,1H3. The second-order valence-electron chi connectivity index (χ2n) is 4.43. The Morgan fingerprint density at radius 1 is 1.14 bits per heavy atom. The molecule has 1 N–H and O–H groups in total. The molecular weight excluding hydrogens is 354 g/mol. The molecule has 0 aliphatic heterocycles. The highest BCUT2D eigenvalue weighted by molar-refractivity contribution is 9.10. The Balaban J connectivity index is 1.97. The smallest absolute Gasteiger partial charge is 0.240 e. The van der Waals surface area contributed by atoms with Crippen LogP contribution in [-0.4, -0.2) is 22.1 Å². The van der Waals surface area contributed by atoms with Gasteiger partial charge in [0.05, 0.1) is 16.5 Å². The number of ether oxygens (including phenoxy) is 1. The summed E-state index contributed by atoms with van der Waals surface area (Å²) in [6, 6.07) is 14.0. The maximum atomic E-state index is 12.0. The van der Waals surface area contributed by atoms with E-state index in [-0.39, 0.29) is 4.90 Å². The van der Waals surface area contributed by atoms with Crippen LogP contribution in [0.5, 0.6) is 5.75 Å². The minimum absolute atomic E-state index is 0.279. The van der Waals surface area contributed by atoms with Crippen LogP contribution in [0.15, 0.2) is 57.9 Å². The van der Waals surface area contributed by atoms with Crippen LogP contribution < -0.4 is 9.46 Å². The minimum atomic E-state index is -3.44. The van der Waals surface area contributed by atoms with Gasteiger partial charge in [0.25, 0.3) is 0 Å². The summed E-state index contributed by atoms with van der Waals surface area (Å²) < 4.78 is 32.7. The number of hydrogen-bond donors (Lipinski definition) is 1. The van der Waals surface area contributed by atoms with Crippen molar-refractivity contribution in [2.75, 3.05) is 13.7 Å². The first-order valence-electron chi connectivity index (χ1n) is 6.40. The Hall–Kier alpha value is -1.37. The molecule has 0 heterocycles. The van der Waals surface area contributed by atoms with Crippen molar-refractivity contribution in [2.45, 2.75) is 11.3 Å². The van der Waals surface area contributed by atoms with Crippen molar-refractivity contribution in [1.29, 1.82) is 0 Å². The fraction of sp³-hybridized carbons (Fsp3) is 0.200. The van der Waals surface area contributed by atoms with Crippen molar-refractivity contribution in [3.05, 3.63) is 58.6 Å². The number of methoxy groups -OCH3 is 1. The summed E-state index contributed by atoms with van der Waals surface area (Å²) in [5, 5.41) is 0. The van der Waals surface area contributed by atoms with E-state index in [4.69, 9.17) is 4.74 Å². The highest BCUT2D eigenvalue weighted by Crippen LogP contribution is 2.25. The van der Waals surface area contributed by atoms with Crippen LogP contribution in [-0.2, 0) is 16.4 Å². The molecule has 0 amide bonds. The Morgan fingerprint density at radius 2 is 1.86 bits per heavy atom. The molecule has 4 nitrogen and oxygen atoms in total. The van der Waals surface area contributed by atoms with Gasteiger partial charge in [-0.1, -0.05) is 24.3 Å². The molecule has 0 bridgehead atoms. The van der Waals surface area contributed by atoms with E-state index in [1.165, 1.54) is 0 Å². The molecule has 21 heavy (non-hydrogen) atoms. The molecule has 0 aliphatic rings. The van der Waals surface area contributed by atoms with Crippen LogP contribution in [0, 0.1) is 0 Å². The van der Waals surface area contributed by atoms with Gasteiger partial charge in [-0.3, -0.25) is 0 Å². The molecule has 2 aromatic carbocycles. The summed E-state index contributed by atoms with van der Waals surface area (Å²) in [5.41, 5.74) is 1.03. The van der Waals surface area contributed by atoms with Crippen molar-refractivity contribution in [3.8, 4) is 5.75 Å². The van der Waals surface area contributed by atoms with Crippen molar-refractivity contribution in [2.24, 2.45) is 0 Å². The lowest BCUT2D eigenvalue weighted by Crippen LogP contribution is -2.25. The van der Waals surface area contributed by atoms with E-state index in [0.717, 1.165) is 15.8 Å². The van der Waals surface area contributed by atoms with Crippen LogP contribution in [0.3, 0.4) is 0 Å². The van der Waals surface area contributed by atoms with E-state index < -0.39 is 10.0 Å². The topological polar surface area (TPSA) is 55.4 Å². The van der Waals surface area contributed by atoms with E-state index in [2.05, 4.69) is 20.7 Å². The van der Waals surface area contributed by atoms with Crippen molar-refractivity contribution < 1.29 is 13.2 Å². The molecule has 0 unspecified atom stereocenters. The van der Waals surface area contributed by atoms with E-state index in [1.54, 1.807) is 37.4 Å². The predicted molar refractivity (Wildman–Crippen MR) is 86.0 cm³/mol. The molecule has 0 atom stereocenters. The van der Waals surface area contributed by atoms with Crippen LogP contribution in [0.4, 0.5) is 0 Å². The molecule has 2 aromatic rings. The Labute approximate surface area is 133 Å². The van der Waals surface area contributed by atoms with E-state index in [0.29, 0.717) is 13.0 Å². The van der Waals surface area contributed by atoms with E-state index in [1.807, 2.05) is 18.2 Å². The largest absolute Gasteiger partial charge is 0.496 e. The Kier molecular flexibility index (Phi) is 5.39. The van der Waals surface area contributed by atoms with Gasteiger partial charge in [0.1, 0.15) is 5.75 Å². The normalized spacial score (nSPS) is 11.3. The van der Waals surface area contributed by atoms with Crippen LogP contribution in [0.1, 0.15) is 5.56 Å². The summed E-state index contributed by atoms with van der Waals surface area (Å²) in [6.07, 6.45) is 0.606. The van der Waals surface area contributed by atoms with Crippen molar-refractivity contribution in [3.63, 3.8) is 0 Å². The minimum Gasteiger partial charge on any atom is -0.496 e. The number of hydrogen-bond acceptors (Lipinski definition) is 3. The second-order valence-corrected chi connectivity index (χ2v) is 7.05. The molecule has 2 rings (SSSR count). The number of sulfonamides is 1. The zero-order valence-electron chi connectivity index (χ0n) is 11.5. The lowest BCUT2D eigenvalue weighted by atomic mass is 10.1. The van der Waals surface area contributed by atoms with Gasteiger partial charge >= 0.3 is 0 Å². The fourth-order valence-corrected chi connectivity index (χ4v) is 3.52. The first-order valence-corrected chi connectivity index (χ1v) is 8.67. The van der Waals surface area contributed by atoms with Gasteiger partial charge in [0.15, 0.2) is 0 Å². The molecule has 0 radical (unpaired) electrons. The zero-order valence-corrected chi connectivity index (χ0v) is 13.9. The number of halogens is 1. The average Bonchev–Trinajstić information content (AvgIpc) is 2.48. The van der Waals surface area contributed by atoms with Crippen LogP contribution >= 0.6 is 15.9 Å². The molecular formula is C15H16BrNO3S. The van der Waals surface area contributed by atoms with Crippen LogP contribution in [0.2, 0.25) is 0 Å². The summed E-state index contributed by atoms with van der Waals surface area (Å²) in [6.45, 7) is 0.343. The second kappa shape index (κ2) is 7.06. The van der Waals surface area contributed by atoms with Gasteiger partial charge in [-0.15, -0.1) is 0 Å². The molecule has 6 heteroatoms. The Morgan fingerprint density at radius 3 is 2.48 bits per heavy atom. The maximum absolute atomic E-state index is 12.0. The molecule has 0 saturated heterocycles. The number of nitrogens with one attached hydrogen (secondary N) is 1. The quantitative estimate of drug-likeness (QED) is 0.851.